The molecular weight excluding hydrogens is 284 g/mol. The van der Waals surface area contributed by atoms with Gasteiger partial charge in [0.05, 0.1) is 0 Å². The second-order valence-electron chi connectivity index (χ2n) is 4.98. The van der Waals surface area contributed by atoms with Gasteiger partial charge in [0.1, 0.15) is 18.1 Å². The minimum atomic E-state index is -1.51. The maximum absolute atomic E-state index is 11.5. The normalized spacial score (nSPS) is 10.3. The number of benzene rings is 2. The zero-order valence-corrected chi connectivity index (χ0v) is 12.3. The predicted molar refractivity (Wildman–Crippen MR) is 80.3 cm³/mol. The largest absolute Gasteiger partial charge is 0.508 e. The number of aryl methyl sites for hydroxylation is 2. The van der Waals surface area contributed by atoms with Gasteiger partial charge >= 0.3 is 5.97 Å². The summed E-state index contributed by atoms with van der Waals surface area (Å²) >= 11 is 0. The molecule has 114 valence electrons. The van der Waals surface area contributed by atoms with Gasteiger partial charge in [0, 0.05) is 11.1 Å². The minimum absolute atomic E-state index is 0.0575. The zero-order chi connectivity index (χ0) is 16.3. The van der Waals surface area contributed by atoms with Crippen LogP contribution >= 0.6 is 0 Å². The topological polar surface area (TPSA) is 83.8 Å². The third kappa shape index (κ3) is 3.25. The van der Waals surface area contributed by atoms with Crippen LogP contribution in [0.4, 0.5) is 0 Å². The van der Waals surface area contributed by atoms with Gasteiger partial charge in [0.2, 0.25) is 0 Å². The molecule has 22 heavy (non-hydrogen) atoms. The van der Waals surface area contributed by atoms with Gasteiger partial charge in [-0.1, -0.05) is 24.3 Å². The van der Waals surface area contributed by atoms with E-state index in [0.717, 1.165) is 11.1 Å². The Labute approximate surface area is 127 Å². The second kappa shape index (κ2) is 6.30. The molecule has 2 rings (SSSR count). The van der Waals surface area contributed by atoms with Crippen molar-refractivity contribution in [2.45, 2.75) is 20.5 Å². The maximum Gasteiger partial charge on any atom is 0.377 e. The summed E-state index contributed by atoms with van der Waals surface area (Å²) in [5.74, 6) is -1.94. The summed E-state index contributed by atoms with van der Waals surface area (Å²) in [6.45, 7) is 3.78. The molecule has 0 bridgehead atoms. The quantitative estimate of drug-likeness (QED) is 0.655. The molecule has 0 saturated carbocycles. The summed E-state index contributed by atoms with van der Waals surface area (Å²) in [5, 5.41) is 18.6. The lowest BCUT2D eigenvalue weighted by atomic mass is 10.1. The number of aliphatic carboxylic acids is 1. The van der Waals surface area contributed by atoms with E-state index in [1.807, 2.05) is 13.0 Å². The molecule has 0 aliphatic rings. The number of ketones is 1. The van der Waals surface area contributed by atoms with Gasteiger partial charge in [-0.15, -0.1) is 0 Å². The molecule has 0 atom stereocenters. The van der Waals surface area contributed by atoms with Crippen LogP contribution in [0.2, 0.25) is 0 Å². The third-order valence-electron chi connectivity index (χ3n) is 3.40. The molecule has 0 fully saturated rings. The van der Waals surface area contributed by atoms with Crippen LogP contribution in [0.1, 0.15) is 27.0 Å². The average molecular weight is 300 g/mol. The number of rotatable bonds is 5. The number of carbonyl (C=O) groups excluding carboxylic acids is 1. The Morgan fingerprint density at radius 2 is 1.82 bits per heavy atom. The lowest BCUT2D eigenvalue weighted by molar-refractivity contribution is -0.131. The van der Waals surface area contributed by atoms with Gasteiger partial charge in [-0.3, -0.25) is 4.79 Å². The summed E-state index contributed by atoms with van der Waals surface area (Å²) in [5.41, 5.74) is 2.37. The van der Waals surface area contributed by atoms with Crippen molar-refractivity contribution in [1.29, 1.82) is 0 Å². The van der Waals surface area contributed by atoms with Crippen LogP contribution in [0, 0.1) is 13.8 Å². The van der Waals surface area contributed by atoms with E-state index in [-0.39, 0.29) is 17.9 Å². The number of carbonyl (C=O) groups is 2. The molecule has 0 amide bonds. The Bertz CT molecular complexity index is 714. The SMILES string of the molecule is Cc1ccc(C(=O)C(=O)O)cc1OCc1c(C)cccc1O. The summed E-state index contributed by atoms with van der Waals surface area (Å²) in [6, 6.07) is 9.65. The molecule has 0 unspecified atom stereocenters. The average Bonchev–Trinajstić information content (AvgIpc) is 2.47. The van der Waals surface area contributed by atoms with E-state index in [1.165, 1.54) is 12.1 Å². The molecule has 2 aromatic carbocycles. The Balaban J connectivity index is 2.24. The van der Waals surface area contributed by atoms with Crippen LogP contribution in [-0.2, 0) is 11.4 Å². The van der Waals surface area contributed by atoms with E-state index in [0.29, 0.717) is 11.3 Å². The second-order valence-corrected chi connectivity index (χ2v) is 4.98. The van der Waals surface area contributed by atoms with E-state index < -0.39 is 11.8 Å². The number of carboxylic acids is 1. The summed E-state index contributed by atoms with van der Waals surface area (Å²) in [6.07, 6.45) is 0. The van der Waals surface area contributed by atoms with Crippen LogP contribution in [-0.4, -0.2) is 22.0 Å². The lowest BCUT2D eigenvalue weighted by Crippen LogP contribution is -2.13. The Morgan fingerprint density at radius 1 is 1.09 bits per heavy atom. The fourth-order valence-corrected chi connectivity index (χ4v) is 2.04. The highest BCUT2D eigenvalue weighted by Gasteiger charge is 2.16. The van der Waals surface area contributed by atoms with Crippen molar-refractivity contribution in [2.24, 2.45) is 0 Å². The zero-order valence-electron chi connectivity index (χ0n) is 12.3. The Kier molecular flexibility index (Phi) is 4.46. The molecule has 0 radical (unpaired) electrons. The number of phenols is 1. The number of ether oxygens (including phenoxy) is 1. The summed E-state index contributed by atoms with van der Waals surface area (Å²) in [4.78, 5) is 22.2. The first-order chi connectivity index (χ1) is 10.4. The van der Waals surface area contributed by atoms with Gasteiger partial charge in [0.15, 0.2) is 0 Å². The third-order valence-corrected chi connectivity index (χ3v) is 3.40. The summed E-state index contributed by atoms with van der Waals surface area (Å²) < 4.78 is 5.65. The minimum Gasteiger partial charge on any atom is -0.508 e. The van der Waals surface area contributed by atoms with Crippen LogP contribution in [0.15, 0.2) is 36.4 Å². The molecule has 0 heterocycles. The van der Waals surface area contributed by atoms with Crippen molar-refractivity contribution in [2.75, 3.05) is 0 Å². The highest BCUT2D eigenvalue weighted by Crippen LogP contribution is 2.25. The van der Waals surface area contributed by atoms with Crippen molar-refractivity contribution in [3.05, 3.63) is 58.7 Å². The molecule has 5 heteroatoms. The highest BCUT2D eigenvalue weighted by molar-refractivity contribution is 6.39. The Hall–Kier alpha value is -2.82. The van der Waals surface area contributed by atoms with E-state index in [1.54, 1.807) is 25.1 Å². The standard InChI is InChI=1S/C17H16O5/c1-10-4-3-5-14(18)13(10)9-22-15-8-12(7-6-11(15)2)16(19)17(20)21/h3-8,18H,9H2,1-2H3,(H,20,21). The van der Waals surface area contributed by atoms with E-state index in [9.17, 15) is 14.7 Å². The molecule has 0 spiro atoms. The van der Waals surface area contributed by atoms with Gasteiger partial charge < -0.3 is 14.9 Å². The molecular formula is C17H16O5. The number of carboxylic acid groups (broad SMARTS) is 1. The van der Waals surface area contributed by atoms with Crippen LogP contribution < -0.4 is 4.74 Å². The van der Waals surface area contributed by atoms with Gasteiger partial charge in [-0.25, -0.2) is 4.79 Å². The van der Waals surface area contributed by atoms with Crippen LogP contribution in [0.3, 0.4) is 0 Å². The molecule has 0 aliphatic carbocycles. The number of aromatic hydroxyl groups is 1. The maximum atomic E-state index is 11.5. The van der Waals surface area contributed by atoms with Gasteiger partial charge in [0.25, 0.3) is 5.78 Å². The fraction of sp³-hybridized carbons (Fsp3) is 0.176. The molecule has 5 nitrogen and oxygen atoms in total. The predicted octanol–water partition coefficient (Wildman–Crippen LogP) is 2.86. The first-order valence-corrected chi connectivity index (χ1v) is 6.68. The van der Waals surface area contributed by atoms with E-state index in [2.05, 4.69) is 0 Å². The number of Topliss-reactive ketones (excluding diaryl/α,β-unsaturated/α-hetero) is 1. The number of phenolic OH excluding ortho intramolecular Hbond substituents is 1. The van der Waals surface area contributed by atoms with Crippen molar-refractivity contribution in [3.8, 4) is 11.5 Å². The van der Waals surface area contributed by atoms with E-state index in [4.69, 9.17) is 9.84 Å². The van der Waals surface area contributed by atoms with Crippen molar-refractivity contribution in [3.63, 3.8) is 0 Å². The molecule has 2 aromatic rings. The lowest BCUT2D eigenvalue weighted by Gasteiger charge is -2.13. The van der Waals surface area contributed by atoms with Gasteiger partial charge in [-0.2, -0.15) is 0 Å². The Morgan fingerprint density at radius 3 is 2.45 bits per heavy atom. The van der Waals surface area contributed by atoms with Crippen LogP contribution in [0.25, 0.3) is 0 Å². The molecule has 0 aromatic heterocycles. The number of hydrogen-bond acceptors (Lipinski definition) is 4. The number of hydrogen-bond donors (Lipinski definition) is 2. The van der Waals surface area contributed by atoms with Crippen molar-refractivity contribution in [1.82, 2.24) is 0 Å². The fourth-order valence-electron chi connectivity index (χ4n) is 2.04. The van der Waals surface area contributed by atoms with Gasteiger partial charge in [-0.05, 0) is 37.1 Å². The summed E-state index contributed by atoms with van der Waals surface area (Å²) in [7, 11) is 0. The smallest absolute Gasteiger partial charge is 0.377 e. The van der Waals surface area contributed by atoms with Crippen molar-refractivity contribution < 1.29 is 24.5 Å². The monoisotopic (exact) mass is 300 g/mol. The molecule has 0 saturated heterocycles. The highest BCUT2D eigenvalue weighted by atomic mass is 16.5. The molecule has 0 aliphatic heterocycles. The van der Waals surface area contributed by atoms with E-state index >= 15 is 0 Å². The van der Waals surface area contributed by atoms with Crippen LogP contribution in [0.5, 0.6) is 11.5 Å². The molecule has 2 N–H and O–H groups in total. The van der Waals surface area contributed by atoms with Crippen molar-refractivity contribution >= 4 is 11.8 Å². The first kappa shape index (κ1) is 15.6. The first-order valence-electron chi connectivity index (χ1n) is 6.68.